The van der Waals surface area contributed by atoms with Crippen LogP contribution in [-0.2, 0) is 5.41 Å². The van der Waals surface area contributed by atoms with E-state index in [9.17, 15) is 9.90 Å². The van der Waals surface area contributed by atoms with Crippen LogP contribution in [0.15, 0.2) is 71.5 Å². The van der Waals surface area contributed by atoms with Crippen LogP contribution in [0.2, 0.25) is 0 Å². The van der Waals surface area contributed by atoms with Gasteiger partial charge in [-0.3, -0.25) is 4.99 Å². The van der Waals surface area contributed by atoms with Gasteiger partial charge >= 0.3 is 5.97 Å². The van der Waals surface area contributed by atoms with Gasteiger partial charge in [-0.2, -0.15) is 0 Å². The zero-order valence-corrected chi connectivity index (χ0v) is 20.0. The number of aliphatic imine (C=N–C) groups is 1. The van der Waals surface area contributed by atoms with E-state index in [2.05, 4.69) is 60.1 Å². The first-order valence-electron chi connectivity index (χ1n) is 12.3. The Labute approximate surface area is 201 Å². The molecule has 0 unspecified atom stereocenters. The summed E-state index contributed by atoms with van der Waals surface area (Å²) < 4.78 is 6.15. The predicted molar refractivity (Wildman–Crippen MR) is 133 cm³/mol. The minimum Gasteiger partial charge on any atom is -0.490 e. The van der Waals surface area contributed by atoms with Gasteiger partial charge in [-0.15, -0.1) is 0 Å². The molecule has 6 heteroatoms. The maximum absolute atomic E-state index is 11.3. The first-order valence-corrected chi connectivity index (χ1v) is 12.3. The van der Waals surface area contributed by atoms with Crippen LogP contribution < -0.4 is 4.74 Å². The van der Waals surface area contributed by atoms with Crippen LogP contribution in [-0.4, -0.2) is 58.5 Å². The van der Waals surface area contributed by atoms with Crippen LogP contribution in [0.1, 0.15) is 55.5 Å². The molecular formula is C28H33N3O3. The lowest BCUT2D eigenvalue weighted by Crippen LogP contribution is -2.51. The lowest BCUT2D eigenvalue weighted by Gasteiger charge is -2.45. The van der Waals surface area contributed by atoms with E-state index < -0.39 is 5.97 Å². The van der Waals surface area contributed by atoms with Gasteiger partial charge in [0.1, 0.15) is 23.5 Å². The fourth-order valence-electron chi connectivity index (χ4n) is 5.29. The Balaban J connectivity index is 1.28. The minimum atomic E-state index is -0.931. The zero-order valence-electron chi connectivity index (χ0n) is 20.0. The number of aromatic carboxylic acids is 1. The Kier molecular flexibility index (Phi) is 6.07. The number of carbonyl (C=O) groups is 1. The zero-order chi connectivity index (χ0) is 23.7. The fourth-order valence-corrected chi connectivity index (χ4v) is 5.29. The van der Waals surface area contributed by atoms with Gasteiger partial charge in [-0.25, -0.2) is 4.79 Å². The Hall–Kier alpha value is -3.28. The molecule has 0 atom stereocenters. The van der Waals surface area contributed by atoms with E-state index in [0.29, 0.717) is 11.8 Å². The standard InChI is InChI=1S/C28H33N3O3/c1-20(2)31-25(11-16-29-27(31)28(14-15-28)22-8-4-3-5-9-22)30-17-12-23(13-18-30)34-24-10-6-7-21(19-24)26(32)33/h3-11,19-20,23H,12-18H2,1-2H3,(H,32,33). The van der Waals surface area contributed by atoms with Crippen LogP contribution in [0.4, 0.5) is 0 Å². The first kappa shape index (κ1) is 22.5. The summed E-state index contributed by atoms with van der Waals surface area (Å²) in [6, 6.07) is 17.9. The summed E-state index contributed by atoms with van der Waals surface area (Å²) in [5.74, 6) is 2.19. The number of hydrogen-bond donors (Lipinski definition) is 1. The molecule has 0 spiro atoms. The predicted octanol–water partition coefficient (Wildman–Crippen LogP) is 4.92. The van der Waals surface area contributed by atoms with Crippen molar-refractivity contribution in [2.75, 3.05) is 19.6 Å². The quantitative estimate of drug-likeness (QED) is 0.636. The van der Waals surface area contributed by atoms with E-state index in [-0.39, 0.29) is 17.1 Å². The van der Waals surface area contributed by atoms with Crippen molar-refractivity contribution in [3.63, 3.8) is 0 Å². The summed E-state index contributed by atoms with van der Waals surface area (Å²) in [7, 11) is 0. The van der Waals surface area contributed by atoms with Crippen molar-refractivity contribution < 1.29 is 14.6 Å². The Morgan fingerprint density at radius 3 is 2.47 bits per heavy atom. The molecule has 1 aliphatic carbocycles. The molecule has 2 heterocycles. The largest absolute Gasteiger partial charge is 0.490 e. The van der Waals surface area contributed by atoms with Gasteiger partial charge in [-0.1, -0.05) is 36.4 Å². The summed E-state index contributed by atoms with van der Waals surface area (Å²) in [4.78, 5) is 21.2. The summed E-state index contributed by atoms with van der Waals surface area (Å²) in [5.41, 5.74) is 1.67. The maximum Gasteiger partial charge on any atom is 0.335 e. The molecule has 2 fully saturated rings. The van der Waals surface area contributed by atoms with Gasteiger partial charge in [0.15, 0.2) is 0 Å². The van der Waals surface area contributed by atoms with Crippen LogP contribution in [0.5, 0.6) is 5.75 Å². The van der Waals surface area contributed by atoms with Crippen molar-refractivity contribution in [2.45, 2.75) is 57.1 Å². The lowest BCUT2D eigenvalue weighted by molar-refractivity contribution is 0.0694. The number of ether oxygens (including phenoxy) is 1. The number of hydrogen-bond acceptors (Lipinski definition) is 5. The van der Waals surface area contributed by atoms with Crippen molar-refractivity contribution >= 4 is 11.8 Å². The highest BCUT2D eigenvalue weighted by atomic mass is 16.5. The molecular weight excluding hydrogens is 426 g/mol. The van der Waals surface area contributed by atoms with Crippen molar-refractivity contribution in [1.82, 2.24) is 9.80 Å². The SMILES string of the molecule is CC(C)N1C(N2CCC(Oc3cccc(C(=O)O)c3)CC2)=CCN=C1C1(c2ccccc2)CC1. The molecule has 0 aromatic heterocycles. The van der Waals surface area contributed by atoms with Gasteiger partial charge in [0.05, 0.1) is 17.5 Å². The number of benzene rings is 2. The molecule has 0 amide bonds. The molecule has 2 aliphatic heterocycles. The highest BCUT2D eigenvalue weighted by Gasteiger charge is 2.52. The summed E-state index contributed by atoms with van der Waals surface area (Å²) in [6.07, 6.45) is 6.45. The topological polar surface area (TPSA) is 65.4 Å². The lowest BCUT2D eigenvalue weighted by atomic mass is 9.92. The highest BCUT2D eigenvalue weighted by Crippen LogP contribution is 2.51. The molecule has 1 saturated heterocycles. The van der Waals surface area contributed by atoms with Crippen LogP contribution >= 0.6 is 0 Å². The Bertz CT molecular complexity index is 1100. The highest BCUT2D eigenvalue weighted by molar-refractivity contribution is 5.97. The van der Waals surface area contributed by atoms with Crippen LogP contribution in [0.3, 0.4) is 0 Å². The minimum absolute atomic E-state index is 0.0433. The Morgan fingerprint density at radius 1 is 1.09 bits per heavy atom. The van der Waals surface area contributed by atoms with Crippen LogP contribution in [0, 0.1) is 0 Å². The molecule has 1 saturated carbocycles. The molecule has 3 aliphatic rings. The van der Waals surface area contributed by atoms with E-state index in [1.165, 1.54) is 17.2 Å². The van der Waals surface area contributed by atoms with Crippen molar-refractivity contribution in [3.8, 4) is 5.75 Å². The number of nitrogens with zero attached hydrogens (tertiary/aromatic N) is 3. The molecule has 2 aromatic rings. The second kappa shape index (κ2) is 9.16. The van der Waals surface area contributed by atoms with E-state index in [4.69, 9.17) is 9.73 Å². The molecule has 34 heavy (non-hydrogen) atoms. The van der Waals surface area contributed by atoms with E-state index in [0.717, 1.165) is 45.3 Å². The number of likely N-dealkylation sites (tertiary alicyclic amines) is 1. The van der Waals surface area contributed by atoms with Crippen LogP contribution in [0.25, 0.3) is 0 Å². The molecule has 178 valence electrons. The van der Waals surface area contributed by atoms with Gasteiger partial charge < -0.3 is 19.6 Å². The van der Waals surface area contributed by atoms with Gasteiger partial charge in [-0.05, 0) is 56.5 Å². The smallest absolute Gasteiger partial charge is 0.335 e. The normalized spacial score (nSPS) is 20.1. The number of piperidine rings is 1. The third kappa shape index (κ3) is 4.29. The third-order valence-corrected chi connectivity index (χ3v) is 7.16. The second-order valence-electron chi connectivity index (χ2n) is 9.78. The molecule has 0 radical (unpaired) electrons. The van der Waals surface area contributed by atoms with E-state index >= 15 is 0 Å². The molecule has 2 aromatic carbocycles. The maximum atomic E-state index is 11.3. The molecule has 0 bridgehead atoms. The summed E-state index contributed by atoms with van der Waals surface area (Å²) in [5, 5.41) is 9.24. The number of carboxylic acid groups (broad SMARTS) is 1. The first-order chi connectivity index (χ1) is 16.5. The van der Waals surface area contributed by atoms with E-state index in [1.807, 2.05) is 6.07 Å². The monoisotopic (exact) mass is 459 g/mol. The number of amidine groups is 1. The van der Waals surface area contributed by atoms with Crippen molar-refractivity contribution in [2.24, 2.45) is 4.99 Å². The fraction of sp³-hybridized carbons (Fsp3) is 0.429. The van der Waals surface area contributed by atoms with Crippen molar-refractivity contribution in [1.29, 1.82) is 0 Å². The van der Waals surface area contributed by atoms with Gasteiger partial charge in [0.2, 0.25) is 0 Å². The average molecular weight is 460 g/mol. The summed E-state index contributed by atoms with van der Waals surface area (Å²) in [6.45, 7) is 7.04. The third-order valence-electron chi connectivity index (χ3n) is 7.16. The summed E-state index contributed by atoms with van der Waals surface area (Å²) >= 11 is 0. The average Bonchev–Trinajstić information content (AvgIpc) is 3.67. The van der Waals surface area contributed by atoms with Crippen molar-refractivity contribution in [3.05, 3.63) is 77.6 Å². The molecule has 5 rings (SSSR count). The van der Waals surface area contributed by atoms with E-state index in [1.54, 1.807) is 18.2 Å². The number of rotatable bonds is 7. The van der Waals surface area contributed by atoms with Gasteiger partial charge in [0, 0.05) is 32.0 Å². The van der Waals surface area contributed by atoms with Gasteiger partial charge in [0.25, 0.3) is 0 Å². The molecule has 1 N–H and O–H groups in total. The molecule has 6 nitrogen and oxygen atoms in total. The number of carboxylic acids is 1. The Morgan fingerprint density at radius 2 is 1.82 bits per heavy atom. The second-order valence-corrected chi connectivity index (χ2v) is 9.78.